The minimum atomic E-state index is -4.38. The normalized spacial score (nSPS) is 11.3. The van der Waals surface area contributed by atoms with E-state index in [-0.39, 0.29) is 5.91 Å². The van der Waals surface area contributed by atoms with Gasteiger partial charge in [0.2, 0.25) is 0 Å². The van der Waals surface area contributed by atoms with Gasteiger partial charge in [0.25, 0.3) is 5.91 Å². The summed E-state index contributed by atoms with van der Waals surface area (Å²) in [5.41, 5.74) is 0.879. The lowest BCUT2D eigenvalue weighted by atomic mass is 9.98. The minimum absolute atomic E-state index is 0.260. The fraction of sp³-hybridized carbons (Fsp3) is 0.105. The Morgan fingerprint density at radius 2 is 1.68 bits per heavy atom. The highest BCUT2D eigenvalue weighted by atomic mass is 32.1. The van der Waals surface area contributed by atoms with Crippen molar-refractivity contribution >= 4 is 17.2 Å². The number of hydrogen-bond acceptors (Lipinski definition) is 2. The van der Waals surface area contributed by atoms with E-state index in [1.807, 2.05) is 17.5 Å². The van der Waals surface area contributed by atoms with E-state index < -0.39 is 11.7 Å². The second-order valence-electron chi connectivity index (χ2n) is 5.38. The van der Waals surface area contributed by atoms with Crippen molar-refractivity contribution in [3.63, 3.8) is 0 Å². The van der Waals surface area contributed by atoms with E-state index in [0.717, 1.165) is 17.0 Å². The Morgan fingerprint density at radius 1 is 0.960 bits per heavy atom. The molecular weight excluding hydrogens is 347 g/mol. The van der Waals surface area contributed by atoms with Crippen LogP contribution in [0.1, 0.15) is 20.8 Å². The highest BCUT2D eigenvalue weighted by Crippen LogP contribution is 2.31. The third-order valence-electron chi connectivity index (χ3n) is 3.70. The Balaban J connectivity index is 1.84. The van der Waals surface area contributed by atoms with Crippen molar-refractivity contribution in [1.29, 1.82) is 0 Å². The van der Waals surface area contributed by atoms with Crippen LogP contribution in [-0.2, 0) is 12.7 Å². The smallest absolute Gasteiger partial charge is 0.347 e. The van der Waals surface area contributed by atoms with Crippen molar-refractivity contribution in [2.24, 2.45) is 0 Å². The second-order valence-corrected chi connectivity index (χ2v) is 6.41. The second kappa shape index (κ2) is 7.11. The third kappa shape index (κ3) is 4.09. The Morgan fingerprint density at radius 3 is 2.32 bits per heavy atom. The SMILES string of the molecule is O=C(NCc1cccs1)c1ccccc1-c1ccc(C(F)(F)F)cc1. The molecule has 2 aromatic carbocycles. The Labute approximate surface area is 146 Å². The van der Waals surface area contributed by atoms with Gasteiger partial charge < -0.3 is 5.32 Å². The molecular formula is C19H14F3NOS. The molecule has 3 rings (SSSR count). The Kier molecular flexibility index (Phi) is 4.90. The number of rotatable bonds is 4. The molecule has 0 saturated carbocycles. The quantitative estimate of drug-likeness (QED) is 0.666. The van der Waals surface area contributed by atoms with E-state index in [1.165, 1.54) is 12.1 Å². The van der Waals surface area contributed by atoms with Crippen molar-refractivity contribution in [2.75, 3.05) is 0 Å². The van der Waals surface area contributed by atoms with E-state index in [0.29, 0.717) is 23.2 Å². The number of hydrogen-bond donors (Lipinski definition) is 1. The van der Waals surface area contributed by atoms with Crippen molar-refractivity contribution in [3.8, 4) is 11.1 Å². The number of halogens is 3. The largest absolute Gasteiger partial charge is 0.416 e. The third-order valence-corrected chi connectivity index (χ3v) is 4.57. The molecule has 25 heavy (non-hydrogen) atoms. The van der Waals surface area contributed by atoms with Gasteiger partial charge in [0, 0.05) is 10.4 Å². The van der Waals surface area contributed by atoms with Gasteiger partial charge in [-0.2, -0.15) is 13.2 Å². The molecule has 0 atom stereocenters. The predicted octanol–water partition coefficient (Wildman–Crippen LogP) is 5.36. The minimum Gasteiger partial charge on any atom is -0.347 e. The monoisotopic (exact) mass is 361 g/mol. The van der Waals surface area contributed by atoms with E-state index >= 15 is 0 Å². The van der Waals surface area contributed by atoms with Crippen molar-refractivity contribution in [3.05, 3.63) is 82.0 Å². The first-order chi connectivity index (χ1) is 11.9. The van der Waals surface area contributed by atoms with E-state index in [4.69, 9.17) is 0 Å². The van der Waals surface area contributed by atoms with Gasteiger partial charge in [0.1, 0.15) is 0 Å². The predicted molar refractivity (Wildman–Crippen MR) is 92.4 cm³/mol. The number of alkyl halides is 3. The summed E-state index contributed by atoms with van der Waals surface area (Å²) < 4.78 is 38.1. The van der Waals surface area contributed by atoms with Crippen LogP contribution in [0, 0.1) is 0 Å². The number of benzene rings is 2. The Bertz CT molecular complexity index is 855. The molecule has 0 unspecified atom stereocenters. The average Bonchev–Trinajstić information content (AvgIpc) is 3.12. The molecule has 0 saturated heterocycles. The first kappa shape index (κ1) is 17.2. The number of nitrogens with one attached hydrogen (secondary N) is 1. The van der Waals surface area contributed by atoms with Crippen LogP contribution in [0.4, 0.5) is 13.2 Å². The lowest BCUT2D eigenvalue weighted by Crippen LogP contribution is -2.22. The zero-order valence-electron chi connectivity index (χ0n) is 13.0. The van der Waals surface area contributed by atoms with Gasteiger partial charge in [-0.25, -0.2) is 0 Å². The molecule has 1 heterocycles. The molecule has 6 heteroatoms. The molecule has 128 valence electrons. The molecule has 0 aliphatic rings. The highest BCUT2D eigenvalue weighted by molar-refractivity contribution is 7.09. The summed E-state index contributed by atoms with van der Waals surface area (Å²) in [5, 5.41) is 4.77. The number of amides is 1. The van der Waals surface area contributed by atoms with Gasteiger partial charge in [0.15, 0.2) is 0 Å². The van der Waals surface area contributed by atoms with E-state index in [2.05, 4.69) is 5.32 Å². The van der Waals surface area contributed by atoms with Crippen molar-refractivity contribution in [2.45, 2.75) is 12.7 Å². The van der Waals surface area contributed by atoms with Crippen LogP contribution in [0.2, 0.25) is 0 Å². The molecule has 1 aromatic heterocycles. The Hall–Kier alpha value is -2.60. The summed E-state index contributed by atoms with van der Waals surface area (Å²) in [5.74, 6) is -0.260. The molecule has 0 aliphatic heterocycles. The zero-order chi connectivity index (χ0) is 17.9. The zero-order valence-corrected chi connectivity index (χ0v) is 13.8. The molecule has 0 radical (unpaired) electrons. The molecule has 0 bridgehead atoms. The summed E-state index contributed by atoms with van der Waals surface area (Å²) in [6.07, 6.45) is -4.38. The molecule has 1 N–H and O–H groups in total. The van der Waals surface area contributed by atoms with Gasteiger partial charge in [-0.3, -0.25) is 4.79 Å². The standard InChI is InChI=1S/C19H14F3NOS/c20-19(21,22)14-9-7-13(8-10-14)16-5-1-2-6-17(16)18(24)23-12-15-4-3-11-25-15/h1-11H,12H2,(H,23,24). The van der Waals surface area contributed by atoms with Gasteiger partial charge >= 0.3 is 6.18 Å². The summed E-state index contributed by atoms with van der Waals surface area (Å²) in [6.45, 7) is 0.415. The van der Waals surface area contributed by atoms with Gasteiger partial charge in [-0.05, 0) is 40.8 Å². The fourth-order valence-electron chi connectivity index (χ4n) is 2.45. The van der Waals surface area contributed by atoms with Crippen LogP contribution in [-0.4, -0.2) is 5.91 Å². The van der Waals surface area contributed by atoms with Crippen LogP contribution in [0.3, 0.4) is 0 Å². The van der Waals surface area contributed by atoms with E-state index in [1.54, 1.807) is 35.6 Å². The van der Waals surface area contributed by atoms with Gasteiger partial charge in [0.05, 0.1) is 12.1 Å². The lowest BCUT2D eigenvalue weighted by molar-refractivity contribution is -0.137. The van der Waals surface area contributed by atoms with Crippen LogP contribution in [0.25, 0.3) is 11.1 Å². The maximum absolute atomic E-state index is 12.7. The highest BCUT2D eigenvalue weighted by Gasteiger charge is 2.30. The topological polar surface area (TPSA) is 29.1 Å². The maximum Gasteiger partial charge on any atom is 0.416 e. The fourth-order valence-corrected chi connectivity index (χ4v) is 3.09. The maximum atomic E-state index is 12.7. The van der Waals surface area contributed by atoms with Crippen LogP contribution in [0.15, 0.2) is 66.0 Å². The van der Waals surface area contributed by atoms with Gasteiger partial charge in [-0.15, -0.1) is 11.3 Å². The van der Waals surface area contributed by atoms with Crippen molar-refractivity contribution in [1.82, 2.24) is 5.32 Å². The average molecular weight is 361 g/mol. The molecule has 1 amide bonds. The first-order valence-corrected chi connectivity index (χ1v) is 8.40. The van der Waals surface area contributed by atoms with Gasteiger partial charge in [-0.1, -0.05) is 36.4 Å². The van der Waals surface area contributed by atoms with Crippen LogP contribution >= 0.6 is 11.3 Å². The van der Waals surface area contributed by atoms with Crippen LogP contribution < -0.4 is 5.32 Å². The number of carbonyl (C=O) groups excluding carboxylic acids is 1. The lowest BCUT2D eigenvalue weighted by Gasteiger charge is -2.11. The van der Waals surface area contributed by atoms with E-state index in [9.17, 15) is 18.0 Å². The first-order valence-electron chi connectivity index (χ1n) is 7.52. The molecule has 2 nitrogen and oxygen atoms in total. The molecule has 0 aliphatic carbocycles. The van der Waals surface area contributed by atoms with Crippen LogP contribution in [0.5, 0.6) is 0 Å². The molecule has 0 fully saturated rings. The summed E-state index contributed by atoms with van der Waals surface area (Å²) in [6, 6.07) is 15.5. The molecule has 3 aromatic rings. The van der Waals surface area contributed by atoms with Crippen molar-refractivity contribution < 1.29 is 18.0 Å². The summed E-state index contributed by atoms with van der Waals surface area (Å²) in [7, 11) is 0. The number of thiophene rings is 1. The number of carbonyl (C=O) groups is 1. The summed E-state index contributed by atoms with van der Waals surface area (Å²) >= 11 is 1.54. The molecule has 0 spiro atoms. The summed E-state index contributed by atoms with van der Waals surface area (Å²) in [4.78, 5) is 13.5.